The smallest absolute Gasteiger partial charge is 0.270 e. The lowest BCUT2D eigenvalue weighted by Gasteiger charge is -2.16. The molecule has 1 amide bonds. The number of rotatable bonds is 9. The van der Waals surface area contributed by atoms with Crippen LogP contribution in [0, 0.1) is 0 Å². The summed E-state index contributed by atoms with van der Waals surface area (Å²) in [5, 5.41) is 0. The summed E-state index contributed by atoms with van der Waals surface area (Å²) in [6.45, 7) is 9.08. The van der Waals surface area contributed by atoms with Crippen LogP contribution >= 0.6 is 24.0 Å². The van der Waals surface area contributed by atoms with Crippen LogP contribution < -0.4 is 19.1 Å². The van der Waals surface area contributed by atoms with Crippen LogP contribution in [-0.2, 0) is 4.79 Å². The Labute approximate surface area is 193 Å². The predicted octanol–water partition coefficient (Wildman–Crippen LogP) is 6.07. The SMILES string of the molecule is CCOc1ccc(N2C(=O)/C(=C\c3ccc(O[C@H](C)CC)c(OCC)c3)SC2=S)cc1. The van der Waals surface area contributed by atoms with Crippen molar-refractivity contribution in [2.45, 2.75) is 40.2 Å². The van der Waals surface area contributed by atoms with Crippen LogP contribution in [-0.4, -0.2) is 29.5 Å². The second kappa shape index (κ2) is 10.7. The van der Waals surface area contributed by atoms with Gasteiger partial charge < -0.3 is 14.2 Å². The van der Waals surface area contributed by atoms with E-state index in [0.717, 1.165) is 23.4 Å². The van der Waals surface area contributed by atoms with E-state index in [9.17, 15) is 4.79 Å². The first-order chi connectivity index (χ1) is 15.0. The van der Waals surface area contributed by atoms with Gasteiger partial charge in [-0.3, -0.25) is 9.69 Å². The molecule has 164 valence electrons. The summed E-state index contributed by atoms with van der Waals surface area (Å²) < 4.78 is 17.7. The van der Waals surface area contributed by atoms with Crippen LogP contribution in [0.4, 0.5) is 5.69 Å². The highest BCUT2D eigenvalue weighted by atomic mass is 32.2. The van der Waals surface area contributed by atoms with Crippen molar-refractivity contribution in [1.82, 2.24) is 0 Å². The van der Waals surface area contributed by atoms with Crippen molar-refractivity contribution in [2.75, 3.05) is 18.1 Å². The molecule has 0 bridgehead atoms. The van der Waals surface area contributed by atoms with Gasteiger partial charge in [-0.25, -0.2) is 0 Å². The van der Waals surface area contributed by atoms with Crippen LogP contribution in [0.25, 0.3) is 6.08 Å². The van der Waals surface area contributed by atoms with E-state index in [1.807, 2.05) is 69.3 Å². The number of anilines is 1. The zero-order valence-corrected chi connectivity index (χ0v) is 19.8. The maximum Gasteiger partial charge on any atom is 0.270 e. The van der Waals surface area contributed by atoms with E-state index in [-0.39, 0.29) is 12.0 Å². The maximum atomic E-state index is 13.1. The number of hydrogen-bond donors (Lipinski definition) is 0. The Kier molecular flexibility index (Phi) is 7.98. The van der Waals surface area contributed by atoms with Crippen LogP contribution in [0.5, 0.6) is 17.2 Å². The highest BCUT2D eigenvalue weighted by Crippen LogP contribution is 2.38. The van der Waals surface area contributed by atoms with E-state index < -0.39 is 0 Å². The zero-order valence-electron chi connectivity index (χ0n) is 18.2. The third-order valence-electron chi connectivity index (χ3n) is 4.67. The molecule has 7 heteroatoms. The lowest BCUT2D eigenvalue weighted by molar-refractivity contribution is -0.113. The fourth-order valence-electron chi connectivity index (χ4n) is 2.98. The van der Waals surface area contributed by atoms with Crippen LogP contribution in [0.15, 0.2) is 47.4 Å². The molecule has 2 aromatic carbocycles. The number of hydrogen-bond acceptors (Lipinski definition) is 6. The molecule has 1 atom stereocenters. The summed E-state index contributed by atoms with van der Waals surface area (Å²) in [5.41, 5.74) is 1.58. The Morgan fingerprint density at radius 3 is 2.39 bits per heavy atom. The molecule has 0 aromatic heterocycles. The summed E-state index contributed by atoms with van der Waals surface area (Å²) in [4.78, 5) is 15.2. The van der Waals surface area contributed by atoms with E-state index in [0.29, 0.717) is 33.9 Å². The molecule has 0 unspecified atom stereocenters. The standard InChI is InChI=1S/C24H27NO4S2/c1-5-16(4)29-20-13-8-17(14-21(20)28-7-3)15-22-23(26)25(24(30)31-22)18-9-11-19(12-10-18)27-6-2/h8-16H,5-7H2,1-4H3/b22-15+/t16-/m1/s1. The Bertz CT molecular complexity index is 972. The van der Waals surface area contributed by atoms with Gasteiger partial charge >= 0.3 is 0 Å². The molecule has 0 aliphatic carbocycles. The Morgan fingerprint density at radius 1 is 1.03 bits per heavy atom. The van der Waals surface area contributed by atoms with Gasteiger partial charge in [-0.2, -0.15) is 0 Å². The molecule has 0 saturated carbocycles. The van der Waals surface area contributed by atoms with Gasteiger partial charge in [0, 0.05) is 0 Å². The average molecular weight is 458 g/mol. The van der Waals surface area contributed by atoms with Crippen LogP contribution in [0.2, 0.25) is 0 Å². The van der Waals surface area contributed by atoms with Gasteiger partial charge in [0.1, 0.15) is 5.75 Å². The predicted molar refractivity (Wildman–Crippen MR) is 131 cm³/mol. The molecule has 3 rings (SSSR count). The summed E-state index contributed by atoms with van der Waals surface area (Å²) in [6.07, 6.45) is 2.83. The molecule has 1 aliphatic rings. The lowest BCUT2D eigenvalue weighted by atomic mass is 10.1. The molecular weight excluding hydrogens is 430 g/mol. The first-order valence-corrected chi connectivity index (χ1v) is 11.6. The van der Waals surface area contributed by atoms with Gasteiger partial charge in [0.2, 0.25) is 0 Å². The topological polar surface area (TPSA) is 48.0 Å². The van der Waals surface area contributed by atoms with Crippen molar-refractivity contribution < 1.29 is 19.0 Å². The Morgan fingerprint density at radius 2 is 1.74 bits per heavy atom. The fourth-order valence-corrected chi connectivity index (χ4v) is 4.28. The van der Waals surface area contributed by atoms with Gasteiger partial charge in [-0.15, -0.1) is 0 Å². The highest BCUT2D eigenvalue weighted by Gasteiger charge is 2.33. The minimum Gasteiger partial charge on any atom is -0.494 e. The fraction of sp³-hybridized carbons (Fsp3) is 0.333. The maximum absolute atomic E-state index is 13.1. The van der Waals surface area contributed by atoms with Gasteiger partial charge in [-0.1, -0.05) is 37.0 Å². The number of thiocarbonyl (C=S) groups is 1. The van der Waals surface area contributed by atoms with Gasteiger partial charge in [0.05, 0.1) is 29.9 Å². The normalized spacial score (nSPS) is 16.0. The molecule has 1 fully saturated rings. The molecule has 2 aromatic rings. The number of carbonyl (C=O) groups excluding carboxylic acids is 1. The number of amides is 1. The van der Waals surface area contributed by atoms with Crippen LogP contribution in [0.3, 0.4) is 0 Å². The van der Waals surface area contributed by atoms with Gasteiger partial charge in [0.15, 0.2) is 15.8 Å². The van der Waals surface area contributed by atoms with E-state index in [1.54, 1.807) is 4.90 Å². The molecule has 1 saturated heterocycles. The van der Waals surface area contributed by atoms with Gasteiger partial charge in [0.25, 0.3) is 5.91 Å². The van der Waals surface area contributed by atoms with E-state index in [4.69, 9.17) is 26.4 Å². The third-order valence-corrected chi connectivity index (χ3v) is 5.97. The number of benzene rings is 2. The third kappa shape index (κ3) is 5.60. The minimum absolute atomic E-state index is 0.0930. The summed E-state index contributed by atoms with van der Waals surface area (Å²) in [5.74, 6) is 1.99. The van der Waals surface area contributed by atoms with Crippen molar-refractivity contribution in [3.63, 3.8) is 0 Å². The van der Waals surface area contributed by atoms with Crippen molar-refractivity contribution >= 4 is 46.0 Å². The Balaban J connectivity index is 1.84. The zero-order chi connectivity index (χ0) is 22.4. The van der Waals surface area contributed by atoms with Crippen molar-refractivity contribution in [2.24, 2.45) is 0 Å². The molecule has 0 N–H and O–H groups in total. The lowest BCUT2D eigenvalue weighted by Crippen LogP contribution is -2.27. The summed E-state index contributed by atoms with van der Waals surface area (Å²) >= 11 is 6.77. The molecule has 5 nitrogen and oxygen atoms in total. The van der Waals surface area contributed by atoms with E-state index >= 15 is 0 Å². The quantitative estimate of drug-likeness (QED) is 0.337. The number of thioether (sulfide) groups is 1. The molecular formula is C24H27NO4S2. The number of nitrogens with zero attached hydrogens (tertiary/aromatic N) is 1. The molecule has 0 spiro atoms. The monoisotopic (exact) mass is 457 g/mol. The van der Waals surface area contributed by atoms with E-state index in [1.165, 1.54) is 11.8 Å². The molecule has 0 radical (unpaired) electrons. The largest absolute Gasteiger partial charge is 0.494 e. The first-order valence-electron chi connectivity index (χ1n) is 10.4. The van der Waals surface area contributed by atoms with Crippen molar-refractivity contribution in [3.8, 4) is 17.2 Å². The van der Waals surface area contributed by atoms with Crippen LogP contribution in [0.1, 0.15) is 39.7 Å². The second-order valence-corrected chi connectivity index (χ2v) is 8.60. The van der Waals surface area contributed by atoms with Crippen molar-refractivity contribution in [1.29, 1.82) is 0 Å². The average Bonchev–Trinajstić information content (AvgIpc) is 3.03. The first kappa shape index (κ1) is 23.2. The number of ether oxygens (including phenoxy) is 3. The molecule has 31 heavy (non-hydrogen) atoms. The van der Waals surface area contributed by atoms with Gasteiger partial charge in [-0.05, 0) is 75.2 Å². The summed E-state index contributed by atoms with van der Waals surface area (Å²) in [7, 11) is 0. The Hall–Kier alpha value is -2.51. The summed E-state index contributed by atoms with van der Waals surface area (Å²) in [6, 6.07) is 13.1. The molecule has 1 heterocycles. The second-order valence-electron chi connectivity index (χ2n) is 6.92. The van der Waals surface area contributed by atoms with E-state index in [2.05, 4.69) is 6.92 Å². The highest BCUT2D eigenvalue weighted by molar-refractivity contribution is 8.27. The minimum atomic E-state index is -0.142. The van der Waals surface area contributed by atoms with Crippen molar-refractivity contribution in [3.05, 3.63) is 52.9 Å². The number of carbonyl (C=O) groups is 1. The molecule has 1 aliphatic heterocycles.